The number of carbonyl (C=O) groups excluding carboxylic acids is 2. The fraction of sp³-hybridized carbons (Fsp3) is 0.350. The van der Waals surface area contributed by atoms with Crippen LogP contribution in [0.2, 0.25) is 0 Å². The van der Waals surface area contributed by atoms with Crippen molar-refractivity contribution in [3.8, 4) is 0 Å². The van der Waals surface area contributed by atoms with Crippen LogP contribution in [0, 0.1) is 0 Å². The lowest BCUT2D eigenvalue weighted by molar-refractivity contribution is -0.138. The number of benzene rings is 1. The molecule has 0 saturated carbocycles. The average Bonchev–Trinajstić information content (AvgIpc) is 3.39. The van der Waals surface area contributed by atoms with Crippen molar-refractivity contribution in [2.24, 2.45) is 0 Å². The van der Waals surface area contributed by atoms with Gasteiger partial charge < -0.3 is 30.3 Å². The Morgan fingerprint density at radius 3 is 2.81 bits per heavy atom. The first-order valence-corrected chi connectivity index (χ1v) is 9.87. The number of nitrogens with zero attached hydrogens (tertiary/aromatic N) is 4. The van der Waals surface area contributed by atoms with Crippen LogP contribution in [0.5, 0.6) is 0 Å². The molecule has 4 rings (SSSR count). The molecule has 168 valence electrons. The summed E-state index contributed by atoms with van der Waals surface area (Å²) in [6.45, 7) is 0.396. The van der Waals surface area contributed by atoms with Crippen LogP contribution in [0.3, 0.4) is 0 Å². The second-order valence-electron chi connectivity index (χ2n) is 7.15. The lowest BCUT2D eigenvalue weighted by Gasteiger charge is -2.22. The van der Waals surface area contributed by atoms with Crippen LogP contribution in [-0.4, -0.2) is 73.6 Å². The molecule has 1 aromatic carbocycles. The van der Waals surface area contributed by atoms with Gasteiger partial charge in [-0.2, -0.15) is 0 Å². The van der Waals surface area contributed by atoms with E-state index in [1.165, 1.54) is 17.2 Å². The van der Waals surface area contributed by atoms with Crippen LogP contribution in [0.15, 0.2) is 43.0 Å². The summed E-state index contributed by atoms with van der Waals surface area (Å²) >= 11 is 0. The van der Waals surface area contributed by atoms with Gasteiger partial charge in [0.1, 0.15) is 36.8 Å². The number of amides is 1. The monoisotopic (exact) mass is 442 g/mol. The zero-order chi connectivity index (χ0) is 22.5. The van der Waals surface area contributed by atoms with Crippen molar-refractivity contribution in [2.45, 2.75) is 31.0 Å². The lowest BCUT2D eigenvalue weighted by atomic mass is 10.1. The van der Waals surface area contributed by atoms with E-state index >= 15 is 0 Å². The maximum Gasteiger partial charge on any atom is 0.293 e. The summed E-state index contributed by atoms with van der Waals surface area (Å²) in [5.74, 6) is -0.177. The summed E-state index contributed by atoms with van der Waals surface area (Å²) in [6, 6.07) is 9.75. The number of aromatic nitrogens is 4. The van der Waals surface area contributed by atoms with Gasteiger partial charge in [0.15, 0.2) is 17.6 Å². The minimum atomic E-state index is -1.36. The molecule has 1 aliphatic rings. The zero-order valence-corrected chi connectivity index (χ0v) is 16.9. The molecule has 3 heterocycles. The molecule has 1 unspecified atom stereocenters. The molecule has 3 aromatic rings. The summed E-state index contributed by atoms with van der Waals surface area (Å²) in [7, 11) is 0. The Hall–Kier alpha value is -3.61. The molecule has 0 spiro atoms. The highest BCUT2D eigenvalue weighted by Crippen LogP contribution is 2.22. The number of nitrogens with one attached hydrogen (secondary N) is 2. The molecule has 4 N–H and O–H groups in total. The summed E-state index contributed by atoms with van der Waals surface area (Å²) in [6.07, 6.45) is -1.87. The Balaban J connectivity index is 1.56. The van der Waals surface area contributed by atoms with Crippen LogP contribution in [0.25, 0.3) is 11.2 Å². The molecule has 4 atom stereocenters. The number of carbonyl (C=O) groups is 2. The highest BCUT2D eigenvalue weighted by molar-refractivity contribution is 5.84. The van der Waals surface area contributed by atoms with Gasteiger partial charge in [-0.05, 0) is 5.56 Å². The van der Waals surface area contributed by atoms with E-state index in [4.69, 9.17) is 9.47 Å². The molecule has 0 bridgehead atoms. The first kappa shape index (κ1) is 21.6. The Kier molecular flexibility index (Phi) is 6.54. The van der Waals surface area contributed by atoms with Crippen LogP contribution < -0.4 is 10.6 Å². The minimum absolute atomic E-state index is 0.160. The number of rotatable bonds is 9. The van der Waals surface area contributed by atoms with Crippen molar-refractivity contribution in [3.05, 3.63) is 48.5 Å². The van der Waals surface area contributed by atoms with Gasteiger partial charge in [-0.15, -0.1) is 0 Å². The first-order valence-electron chi connectivity index (χ1n) is 9.87. The van der Waals surface area contributed by atoms with Crippen molar-refractivity contribution in [1.82, 2.24) is 24.8 Å². The van der Waals surface area contributed by atoms with Gasteiger partial charge >= 0.3 is 0 Å². The highest BCUT2D eigenvalue weighted by Gasteiger charge is 2.40. The van der Waals surface area contributed by atoms with Crippen molar-refractivity contribution in [1.29, 1.82) is 0 Å². The molecule has 2 aromatic heterocycles. The number of hydrogen-bond acceptors (Lipinski definition) is 10. The van der Waals surface area contributed by atoms with Gasteiger partial charge in [0.25, 0.3) is 12.4 Å². The number of aliphatic hydroxyl groups excluding tert-OH is 2. The Bertz CT molecular complexity index is 1080. The second kappa shape index (κ2) is 9.68. The maximum absolute atomic E-state index is 12.6. The number of imidazole rings is 1. The molecule has 1 saturated heterocycles. The van der Waals surface area contributed by atoms with E-state index in [1.54, 1.807) is 0 Å². The van der Waals surface area contributed by atoms with Crippen molar-refractivity contribution < 1.29 is 29.3 Å². The lowest BCUT2D eigenvalue weighted by Crippen LogP contribution is -2.46. The van der Waals surface area contributed by atoms with E-state index in [-0.39, 0.29) is 19.7 Å². The van der Waals surface area contributed by atoms with E-state index in [0.717, 1.165) is 5.56 Å². The molecule has 32 heavy (non-hydrogen) atoms. The summed E-state index contributed by atoms with van der Waals surface area (Å²) in [5.41, 5.74) is 1.91. The molecule has 12 nitrogen and oxygen atoms in total. The van der Waals surface area contributed by atoms with Gasteiger partial charge in [-0.1, -0.05) is 30.3 Å². The van der Waals surface area contributed by atoms with E-state index in [1.807, 2.05) is 30.3 Å². The average molecular weight is 442 g/mol. The van der Waals surface area contributed by atoms with Gasteiger partial charge in [-0.3, -0.25) is 14.2 Å². The fourth-order valence-electron chi connectivity index (χ4n) is 3.39. The molecule has 12 heteroatoms. The SMILES string of the molecule is O=COCC(NC(=O)[C@@H]1OC[C@H](O)[C@H]1O)n1cnc2c(NCc3ccccc3)ncnc21. The third-order valence-corrected chi connectivity index (χ3v) is 5.04. The van der Waals surface area contributed by atoms with Crippen molar-refractivity contribution in [2.75, 3.05) is 18.5 Å². The predicted octanol–water partition coefficient (Wildman–Crippen LogP) is -0.653. The molecule has 1 fully saturated rings. The minimum Gasteiger partial charge on any atom is -0.464 e. The van der Waals surface area contributed by atoms with Crippen LogP contribution in [0.1, 0.15) is 11.7 Å². The quantitative estimate of drug-likeness (QED) is 0.313. The molecule has 1 amide bonds. The van der Waals surface area contributed by atoms with E-state index in [0.29, 0.717) is 23.5 Å². The standard InChI is InChI=1S/C20H22N6O6/c27-11-31-8-14(25-20(30)17-16(29)13(28)7-32-17)26-10-24-15-18(22-9-23-19(15)26)21-6-12-4-2-1-3-5-12/h1-5,9-11,13-14,16-17,28-29H,6-8H2,(H,25,30)(H,21,22,23)/t13-,14?,16+,17+/m0/s1. The van der Waals surface area contributed by atoms with Crippen LogP contribution in [-0.2, 0) is 25.6 Å². The van der Waals surface area contributed by atoms with Gasteiger partial charge in [0, 0.05) is 6.54 Å². The number of fused-ring (bicyclic) bond motifs is 1. The highest BCUT2D eigenvalue weighted by atomic mass is 16.5. The van der Waals surface area contributed by atoms with Crippen molar-refractivity contribution >= 4 is 29.4 Å². The molecule has 0 aliphatic carbocycles. The summed E-state index contributed by atoms with van der Waals surface area (Å²) in [4.78, 5) is 36.2. The third-order valence-electron chi connectivity index (χ3n) is 5.04. The Morgan fingerprint density at radius 1 is 1.28 bits per heavy atom. The third kappa shape index (κ3) is 4.51. The largest absolute Gasteiger partial charge is 0.464 e. The predicted molar refractivity (Wildman–Crippen MR) is 110 cm³/mol. The normalized spacial score (nSPS) is 21.2. The molecule has 0 radical (unpaired) electrons. The van der Waals surface area contributed by atoms with E-state index in [9.17, 15) is 19.8 Å². The first-order chi connectivity index (χ1) is 15.6. The summed E-state index contributed by atoms with van der Waals surface area (Å²) < 4.78 is 11.5. The van der Waals surface area contributed by atoms with Crippen LogP contribution >= 0.6 is 0 Å². The fourth-order valence-corrected chi connectivity index (χ4v) is 3.39. The van der Waals surface area contributed by atoms with Gasteiger partial charge in [-0.25, -0.2) is 15.0 Å². The zero-order valence-electron chi connectivity index (χ0n) is 16.9. The molecular weight excluding hydrogens is 420 g/mol. The second-order valence-corrected chi connectivity index (χ2v) is 7.15. The number of aliphatic hydroxyl groups is 2. The number of anilines is 1. The molecule has 1 aliphatic heterocycles. The smallest absolute Gasteiger partial charge is 0.293 e. The van der Waals surface area contributed by atoms with Gasteiger partial charge in [0.05, 0.1) is 12.9 Å². The Morgan fingerprint density at radius 2 is 2.09 bits per heavy atom. The maximum atomic E-state index is 12.6. The Labute approximate surface area is 182 Å². The topological polar surface area (TPSA) is 161 Å². The molecular formula is C20H22N6O6. The number of ether oxygens (including phenoxy) is 2. The number of hydrogen-bond donors (Lipinski definition) is 4. The van der Waals surface area contributed by atoms with E-state index < -0.39 is 30.4 Å². The van der Waals surface area contributed by atoms with Gasteiger partial charge in [0.2, 0.25) is 0 Å². The van der Waals surface area contributed by atoms with Crippen LogP contribution in [0.4, 0.5) is 5.82 Å². The van der Waals surface area contributed by atoms with Crippen molar-refractivity contribution in [3.63, 3.8) is 0 Å². The van der Waals surface area contributed by atoms with E-state index in [2.05, 4.69) is 25.6 Å². The summed E-state index contributed by atoms with van der Waals surface area (Å²) in [5, 5.41) is 25.4.